The Morgan fingerprint density at radius 1 is 1.24 bits per heavy atom. The third-order valence-corrected chi connectivity index (χ3v) is 2.47. The molecule has 0 spiro atoms. The molecule has 1 rings (SSSR count). The van der Waals surface area contributed by atoms with Crippen LogP contribution in [0.1, 0.15) is 5.56 Å². The van der Waals surface area contributed by atoms with Gasteiger partial charge < -0.3 is 9.84 Å². The lowest BCUT2D eigenvalue weighted by Crippen LogP contribution is -2.30. The van der Waals surface area contributed by atoms with Crippen LogP contribution in [0.5, 0.6) is 0 Å². The molecular formula is C12H17F2NO2. The number of halogens is 2. The molecule has 1 aromatic carbocycles. The first-order valence-corrected chi connectivity index (χ1v) is 5.44. The number of aliphatic hydroxyl groups excluding tert-OH is 1. The van der Waals surface area contributed by atoms with E-state index < -0.39 is 11.6 Å². The monoisotopic (exact) mass is 245 g/mol. The average Bonchev–Trinajstić information content (AvgIpc) is 2.31. The molecule has 0 atom stereocenters. The minimum atomic E-state index is -0.564. The molecule has 1 aromatic rings. The second-order valence-corrected chi connectivity index (χ2v) is 3.69. The maximum Gasteiger partial charge on any atom is 0.130 e. The molecule has 0 saturated heterocycles. The van der Waals surface area contributed by atoms with Gasteiger partial charge >= 0.3 is 0 Å². The van der Waals surface area contributed by atoms with Crippen LogP contribution in [0.25, 0.3) is 0 Å². The van der Waals surface area contributed by atoms with Crippen molar-refractivity contribution in [2.45, 2.75) is 6.54 Å². The number of ether oxygens (including phenoxy) is 1. The summed E-state index contributed by atoms with van der Waals surface area (Å²) < 4.78 is 31.7. The van der Waals surface area contributed by atoms with E-state index in [4.69, 9.17) is 9.84 Å². The highest BCUT2D eigenvalue weighted by molar-refractivity contribution is 5.19. The molecule has 0 aliphatic carbocycles. The molecule has 0 aromatic heterocycles. The van der Waals surface area contributed by atoms with Crippen molar-refractivity contribution < 1.29 is 18.6 Å². The van der Waals surface area contributed by atoms with Crippen LogP contribution >= 0.6 is 0 Å². The number of benzene rings is 1. The minimum absolute atomic E-state index is 0.0250. The predicted octanol–water partition coefficient (Wildman–Crippen LogP) is 1.41. The number of hydrogen-bond donors (Lipinski definition) is 1. The van der Waals surface area contributed by atoms with Gasteiger partial charge in [0.15, 0.2) is 0 Å². The zero-order chi connectivity index (χ0) is 12.7. The van der Waals surface area contributed by atoms with Crippen LogP contribution in [-0.2, 0) is 11.3 Å². The van der Waals surface area contributed by atoms with E-state index in [2.05, 4.69) is 0 Å². The van der Waals surface area contributed by atoms with Crippen molar-refractivity contribution in [3.05, 3.63) is 35.4 Å². The largest absolute Gasteiger partial charge is 0.395 e. The van der Waals surface area contributed by atoms with Gasteiger partial charge in [-0.2, -0.15) is 0 Å². The van der Waals surface area contributed by atoms with Crippen LogP contribution in [0.2, 0.25) is 0 Å². The van der Waals surface area contributed by atoms with Gasteiger partial charge in [0.1, 0.15) is 11.6 Å². The van der Waals surface area contributed by atoms with Gasteiger partial charge in [-0.15, -0.1) is 0 Å². The summed E-state index contributed by atoms with van der Waals surface area (Å²) in [6, 6.07) is 3.79. The fourth-order valence-corrected chi connectivity index (χ4v) is 1.54. The Morgan fingerprint density at radius 3 is 2.41 bits per heavy atom. The van der Waals surface area contributed by atoms with Gasteiger partial charge in [0.05, 0.1) is 13.2 Å². The molecule has 0 bridgehead atoms. The van der Waals surface area contributed by atoms with Crippen LogP contribution in [0.3, 0.4) is 0 Å². The number of nitrogens with zero attached hydrogens (tertiary/aromatic N) is 1. The fraction of sp³-hybridized carbons (Fsp3) is 0.500. The Hall–Kier alpha value is -1.04. The summed E-state index contributed by atoms with van der Waals surface area (Å²) in [5.41, 5.74) is 0.0250. The van der Waals surface area contributed by atoms with Crippen molar-refractivity contribution >= 4 is 0 Å². The molecule has 17 heavy (non-hydrogen) atoms. The molecule has 0 aliphatic heterocycles. The topological polar surface area (TPSA) is 32.7 Å². The molecule has 3 nitrogen and oxygen atoms in total. The van der Waals surface area contributed by atoms with Crippen LogP contribution < -0.4 is 0 Å². The summed E-state index contributed by atoms with van der Waals surface area (Å²) in [4.78, 5) is 1.74. The second kappa shape index (κ2) is 7.32. The fourth-order valence-electron chi connectivity index (χ4n) is 1.54. The summed E-state index contributed by atoms with van der Waals surface area (Å²) in [6.45, 7) is 1.40. The predicted molar refractivity (Wildman–Crippen MR) is 60.6 cm³/mol. The summed E-state index contributed by atoms with van der Waals surface area (Å²) in [7, 11) is 1.56. The standard InChI is InChI=1S/C12H17F2NO2/c1-17-8-6-15(5-7-16)9-10-11(13)3-2-4-12(10)14/h2-4,16H,5-9H2,1H3. The van der Waals surface area contributed by atoms with E-state index >= 15 is 0 Å². The van der Waals surface area contributed by atoms with Crippen molar-refractivity contribution in [2.75, 3.05) is 33.4 Å². The van der Waals surface area contributed by atoms with Crippen LogP contribution in [0.4, 0.5) is 8.78 Å². The van der Waals surface area contributed by atoms with Crippen molar-refractivity contribution in [2.24, 2.45) is 0 Å². The van der Waals surface area contributed by atoms with Crippen LogP contribution in [0, 0.1) is 11.6 Å². The number of methoxy groups -OCH3 is 1. The number of hydrogen-bond acceptors (Lipinski definition) is 3. The Morgan fingerprint density at radius 2 is 1.88 bits per heavy atom. The highest BCUT2D eigenvalue weighted by atomic mass is 19.1. The van der Waals surface area contributed by atoms with Crippen molar-refractivity contribution in [3.8, 4) is 0 Å². The van der Waals surface area contributed by atoms with Crippen molar-refractivity contribution in [3.63, 3.8) is 0 Å². The Kier molecular flexibility index (Phi) is 6.04. The molecule has 0 saturated carbocycles. The van der Waals surface area contributed by atoms with E-state index in [0.29, 0.717) is 19.7 Å². The van der Waals surface area contributed by atoms with E-state index in [1.165, 1.54) is 18.2 Å². The molecule has 1 N–H and O–H groups in total. The Balaban J connectivity index is 2.70. The first-order valence-electron chi connectivity index (χ1n) is 5.44. The van der Waals surface area contributed by atoms with Crippen molar-refractivity contribution in [1.82, 2.24) is 4.90 Å². The molecule has 5 heteroatoms. The lowest BCUT2D eigenvalue weighted by atomic mass is 10.2. The summed E-state index contributed by atoms with van der Waals surface area (Å²) >= 11 is 0. The normalized spacial score (nSPS) is 11.1. The van der Waals surface area contributed by atoms with Gasteiger partial charge in [0, 0.05) is 32.3 Å². The molecular weight excluding hydrogens is 228 g/mol. The van der Waals surface area contributed by atoms with Gasteiger partial charge in [-0.05, 0) is 12.1 Å². The molecule has 0 unspecified atom stereocenters. The first-order chi connectivity index (χ1) is 8.19. The summed E-state index contributed by atoms with van der Waals surface area (Å²) in [5, 5.41) is 8.88. The minimum Gasteiger partial charge on any atom is -0.395 e. The lowest BCUT2D eigenvalue weighted by molar-refractivity contribution is 0.125. The molecule has 96 valence electrons. The smallest absolute Gasteiger partial charge is 0.130 e. The molecule has 0 radical (unpaired) electrons. The SMILES string of the molecule is COCCN(CCO)Cc1c(F)cccc1F. The van der Waals surface area contributed by atoms with E-state index in [-0.39, 0.29) is 18.7 Å². The van der Waals surface area contributed by atoms with E-state index in [1.807, 2.05) is 0 Å². The lowest BCUT2D eigenvalue weighted by Gasteiger charge is -2.21. The average molecular weight is 245 g/mol. The Bertz CT molecular complexity index is 327. The zero-order valence-corrected chi connectivity index (χ0v) is 9.83. The second-order valence-electron chi connectivity index (χ2n) is 3.69. The number of rotatable bonds is 7. The maximum absolute atomic E-state index is 13.4. The maximum atomic E-state index is 13.4. The van der Waals surface area contributed by atoms with Crippen molar-refractivity contribution in [1.29, 1.82) is 0 Å². The van der Waals surface area contributed by atoms with E-state index in [1.54, 1.807) is 12.0 Å². The van der Waals surface area contributed by atoms with Gasteiger partial charge in [0.2, 0.25) is 0 Å². The highest BCUT2D eigenvalue weighted by Crippen LogP contribution is 2.14. The molecule has 0 aliphatic rings. The molecule has 0 amide bonds. The highest BCUT2D eigenvalue weighted by Gasteiger charge is 2.12. The number of aliphatic hydroxyl groups is 1. The van der Waals surface area contributed by atoms with Gasteiger partial charge in [-0.1, -0.05) is 6.07 Å². The Labute approximate surface area is 99.6 Å². The third-order valence-electron chi connectivity index (χ3n) is 2.47. The van der Waals surface area contributed by atoms with E-state index in [9.17, 15) is 8.78 Å². The van der Waals surface area contributed by atoms with Crippen LogP contribution in [-0.4, -0.2) is 43.4 Å². The quantitative estimate of drug-likeness (QED) is 0.788. The zero-order valence-electron chi connectivity index (χ0n) is 9.83. The van der Waals surface area contributed by atoms with E-state index in [0.717, 1.165) is 0 Å². The van der Waals surface area contributed by atoms with Crippen LogP contribution in [0.15, 0.2) is 18.2 Å². The summed E-state index contributed by atoms with van der Waals surface area (Å²) in [5.74, 6) is -1.13. The molecule has 0 fully saturated rings. The van der Waals surface area contributed by atoms with Gasteiger partial charge in [-0.3, -0.25) is 4.90 Å². The third kappa shape index (κ3) is 4.38. The van der Waals surface area contributed by atoms with Gasteiger partial charge in [0.25, 0.3) is 0 Å². The first kappa shape index (κ1) is 14.0. The van der Waals surface area contributed by atoms with Gasteiger partial charge in [-0.25, -0.2) is 8.78 Å². The summed E-state index contributed by atoms with van der Waals surface area (Å²) in [6.07, 6.45) is 0. The molecule has 0 heterocycles.